The van der Waals surface area contributed by atoms with Gasteiger partial charge in [-0.15, -0.1) is 0 Å². The van der Waals surface area contributed by atoms with Crippen molar-refractivity contribution in [2.75, 3.05) is 13.2 Å². The van der Waals surface area contributed by atoms with Crippen molar-refractivity contribution in [2.45, 2.75) is 6.42 Å². The molecule has 5 nitrogen and oxygen atoms in total. The molecule has 1 aromatic heterocycles. The van der Waals surface area contributed by atoms with Crippen LogP contribution in [0.15, 0.2) is 12.3 Å². The molecule has 0 atom stereocenters. The fourth-order valence-electron chi connectivity index (χ4n) is 0.968. The van der Waals surface area contributed by atoms with Crippen molar-refractivity contribution < 1.29 is 9.90 Å². The number of hydrogen-bond acceptors (Lipinski definition) is 3. The Morgan fingerprint density at radius 3 is 3.08 bits per heavy atom. The number of aromatic nitrogens is 2. The lowest BCUT2D eigenvalue weighted by molar-refractivity contribution is 0.0942. The summed E-state index contributed by atoms with van der Waals surface area (Å²) in [6, 6.07) is 1.65. The topological polar surface area (TPSA) is 67.2 Å². The summed E-state index contributed by atoms with van der Waals surface area (Å²) in [4.78, 5) is 11.3. The van der Waals surface area contributed by atoms with E-state index in [1.165, 1.54) is 4.68 Å². The van der Waals surface area contributed by atoms with Gasteiger partial charge in [0.05, 0.1) is 0 Å². The molecule has 1 heterocycles. The summed E-state index contributed by atoms with van der Waals surface area (Å²) in [6.45, 7) is 0.576. The number of carbonyl (C=O) groups is 1. The van der Waals surface area contributed by atoms with E-state index in [1.54, 1.807) is 19.3 Å². The Morgan fingerprint density at radius 2 is 2.54 bits per heavy atom. The smallest absolute Gasteiger partial charge is 0.269 e. The molecular formula is C8H13N3O2. The van der Waals surface area contributed by atoms with Crippen LogP contribution in [0, 0.1) is 0 Å². The van der Waals surface area contributed by atoms with Crippen molar-refractivity contribution in [1.82, 2.24) is 15.1 Å². The molecule has 0 bridgehead atoms. The highest BCUT2D eigenvalue weighted by Crippen LogP contribution is 1.95. The van der Waals surface area contributed by atoms with Gasteiger partial charge in [-0.1, -0.05) is 0 Å². The van der Waals surface area contributed by atoms with Crippen LogP contribution in [-0.2, 0) is 7.05 Å². The number of aryl methyl sites for hydroxylation is 1. The van der Waals surface area contributed by atoms with Crippen molar-refractivity contribution in [2.24, 2.45) is 7.05 Å². The first-order chi connectivity index (χ1) is 6.25. The second kappa shape index (κ2) is 4.61. The largest absolute Gasteiger partial charge is 0.396 e. The van der Waals surface area contributed by atoms with E-state index >= 15 is 0 Å². The number of aliphatic hydroxyl groups excluding tert-OH is 1. The molecule has 2 N–H and O–H groups in total. The molecule has 0 saturated heterocycles. The molecule has 5 heteroatoms. The van der Waals surface area contributed by atoms with Gasteiger partial charge in [-0.25, -0.2) is 0 Å². The molecule has 0 saturated carbocycles. The maximum absolute atomic E-state index is 11.3. The van der Waals surface area contributed by atoms with Crippen LogP contribution < -0.4 is 5.32 Å². The maximum Gasteiger partial charge on any atom is 0.269 e. The van der Waals surface area contributed by atoms with E-state index in [9.17, 15) is 4.79 Å². The van der Waals surface area contributed by atoms with Crippen LogP contribution >= 0.6 is 0 Å². The Morgan fingerprint density at radius 1 is 1.77 bits per heavy atom. The molecule has 1 rings (SSSR count). The molecular weight excluding hydrogens is 170 g/mol. The zero-order chi connectivity index (χ0) is 9.68. The predicted octanol–water partition coefficient (Wildman–Crippen LogP) is -0.468. The molecule has 13 heavy (non-hydrogen) atoms. The van der Waals surface area contributed by atoms with Gasteiger partial charge in [0.1, 0.15) is 5.69 Å². The van der Waals surface area contributed by atoms with E-state index in [4.69, 9.17) is 5.11 Å². The number of amides is 1. The number of rotatable bonds is 4. The van der Waals surface area contributed by atoms with Crippen LogP contribution in [0.25, 0.3) is 0 Å². The van der Waals surface area contributed by atoms with Gasteiger partial charge in [0.2, 0.25) is 0 Å². The lowest BCUT2D eigenvalue weighted by Crippen LogP contribution is -2.26. The zero-order valence-electron chi connectivity index (χ0n) is 7.53. The summed E-state index contributed by atoms with van der Waals surface area (Å²) in [5.74, 6) is -0.159. The minimum atomic E-state index is -0.159. The number of carbonyl (C=O) groups excluding carboxylic acids is 1. The fourth-order valence-corrected chi connectivity index (χ4v) is 0.968. The molecule has 0 aliphatic rings. The minimum absolute atomic E-state index is 0.0890. The molecule has 0 spiro atoms. The molecule has 0 aliphatic carbocycles. The molecule has 0 aliphatic heterocycles. The van der Waals surface area contributed by atoms with E-state index < -0.39 is 0 Å². The van der Waals surface area contributed by atoms with Crippen molar-refractivity contribution in [1.29, 1.82) is 0 Å². The van der Waals surface area contributed by atoms with Gasteiger partial charge < -0.3 is 10.4 Å². The van der Waals surface area contributed by atoms with E-state index in [1.807, 2.05) is 0 Å². The summed E-state index contributed by atoms with van der Waals surface area (Å²) in [7, 11) is 1.71. The molecule has 72 valence electrons. The fraction of sp³-hybridized carbons (Fsp3) is 0.500. The molecule has 1 aromatic rings. The highest BCUT2D eigenvalue weighted by molar-refractivity contribution is 5.92. The number of aliphatic hydroxyl groups is 1. The Labute approximate surface area is 76.4 Å². The zero-order valence-corrected chi connectivity index (χ0v) is 7.53. The van der Waals surface area contributed by atoms with Gasteiger partial charge in [0, 0.05) is 26.4 Å². The Bertz CT molecular complexity index is 283. The van der Waals surface area contributed by atoms with Crippen molar-refractivity contribution >= 4 is 5.91 Å². The van der Waals surface area contributed by atoms with E-state index in [0.717, 1.165) is 0 Å². The van der Waals surface area contributed by atoms with E-state index in [2.05, 4.69) is 10.4 Å². The highest BCUT2D eigenvalue weighted by Gasteiger charge is 2.07. The van der Waals surface area contributed by atoms with Crippen molar-refractivity contribution in [3.63, 3.8) is 0 Å². The lowest BCUT2D eigenvalue weighted by atomic mass is 10.4. The Hall–Kier alpha value is -1.36. The van der Waals surface area contributed by atoms with Crippen LogP contribution in [0.5, 0.6) is 0 Å². The van der Waals surface area contributed by atoms with Crippen molar-refractivity contribution in [3.05, 3.63) is 18.0 Å². The summed E-state index contributed by atoms with van der Waals surface area (Å²) in [6.07, 6.45) is 2.14. The molecule has 0 aromatic carbocycles. The standard InChI is InChI=1S/C8H13N3O2/c1-11-7(3-5-10-11)8(13)9-4-2-6-12/h3,5,12H,2,4,6H2,1H3,(H,9,13). The maximum atomic E-state index is 11.3. The number of hydrogen-bond donors (Lipinski definition) is 2. The van der Waals surface area contributed by atoms with Gasteiger partial charge in [-0.2, -0.15) is 5.10 Å². The average molecular weight is 183 g/mol. The minimum Gasteiger partial charge on any atom is -0.396 e. The summed E-state index contributed by atoms with van der Waals surface area (Å²) >= 11 is 0. The van der Waals surface area contributed by atoms with Gasteiger partial charge in [-0.3, -0.25) is 9.48 Å². The van der Waals surface area contributed by atoms with Crippen molar-refractivity contribution in [3.8, 4) is 0 Å². The first kappa shape index (κ1) is 9.73. The second-order valence-corrected chi connectivity index (χ2v) is 2.67. The second-order valence-electron chi connectivity index (χ2n) is 2.67. The third kappa shape index (κ3) is 2.55. The normalized spacial score (nSPS) is 10.0. The number of nitrogens with zero attached hydrogens (tertiary/aromatic N) is 2. The third-order valence-corrected chi connectivity index (χ3v) is 1.67. The Balaban J connectivity index is 2.45. The van der Waals surface area contributed by atoms with E-state index in [-0.39, 0.29) is 12.5 Å². The van der Waals surface area contributed by atoms with Gasteiger partial charge in [-0.05, 0) is 12.5 Å². The summed E-state index contributed by atoms with van der Waals surface area (Å²) < 4.78 is 1.51. The molecule has 0 unspecified atom stereocenters. The lowest BCUT2D eigenvalue weighted by Gasteiger charge is -2.03. The van der Waals surface area contributed by atoms with Crippen LogP contribution in [0.4, 0.5) is 0 Å². The van der Waals surface area contributed by atoms with Gasteiger partial charge >= 0.3 is 0 Å². The third-order valence-electron chi connectivity index (χ3n) is 1.67. The first-order valence-corrected chi connectivity index (χ1v) is 4.12. The average Bonchev–Trinajstić information content (AvgIpc) is 2.52. The predicted molar refractivity (Wildman–Crippen MR) is 47.2 cm³/mol. The Kier molecular flexibility index (Phi) is 3.45. The molecule has 0 radical (unpaired) electrons. The first-order valence-electron chi connectivity index (χ1n) is 4.12. The summed E-state index contributed by atoms with van der Waals surface area (Å²) in [5, 5.41) is 15.0. The SMILES string of the molecule is Cn1nccc1C(=O)NCCCO. The quantitative estimate of drug-likeness (QED) is 0.620. The van der Waals surface area contributed by atoms with Crippen LogP contribution in [0.3, 0.4) is 0 Å². The number of nitrogens with one attached hydrogen (secondary N) is 1. The summed E-state index contributed by atoms with van der Waals surface area (Å²) in [5.41, 5.74) is 0.526. The van der Waals surface area contributed by atoms with E-state index in [0.29, 0.717) is 18.7 Å². The molecule has 0 fully saturated rings. The van der Waals surface area contributed by atoms with Gasteiger partial charge in [0.15, 0.2) is 0 Å². The van der Waals surface area contributed by atoms with Crippen LogP contribution in [0.1, 0.15) is 16.9 Å². The van der Waals surface area contributed by atoms with Crippen LogP contribution in [0.2, 0.25) is 0 Å². The molecule has 1 amide bonds. The highest BCUT2D eigenvalue weighted by atomic mass is 16.3. The monoisotopic (exact) mass is 183 g/mol. The van der Waals surface area contributed by atoms with Gasteiger partial charge in [0.25, 0.3) is 5.91 Å². The van der Waals surface area contributed by atoms with Crippen LogP contribution in [-0.4, -0.2) is 33.9 Å².